The Labute approximate surface area is 72.2 Å². The molecule has 0 saturated carbocycles. The molecule has 7 heteroatoms. The highest BCUT2D eigenvalue weighted by atomic mass is 16.2. The molecule has 0 fully saturated rings. The minimum Gasteiger partial charge on any atom is -0.322 e. The number of amides is 4. The second kappa shape index (κ2) is 3.48. The van der Waals surface area contributed by atoms with E-state index < -0.39 is 11.8 Å². The van der Waals surface area contributed by atoms with Crippen LogP contribution in [0.4, 0.5) is 0 Å². The smallest absolute Gasteiger partial charge is 0.277 e. The van der Waals surface area contributed by atoms with Crippen LogP contribution in [0.2, 0.25) is 0 Å². The van der Waals surface area contributed by atoms with Crippen molar-refractivity contribution in [1.29, 1.82) is 0 Å². The monoisotopic (exact) mass is 183 g/mol. The van der Waals surface area contributed by atoms with E-state index in [2.05, 4.69) is 0 Å². The van der Waals surface area contributed by atoms with Gasteiger partial charge in [-0.05, 0) is 0 Å². The summed E-state index contributed by atoms with van der Waals surface area (Å²) in [7, 11) is 0. The van der Waals surface area contributed by atoms with Crippen molar-refractivity contribution in [2.24, 2.45) is 0 Å². The highest BCUT2D eigenvalue weighted by molar-refractivity contribution is 6.20. The third kappa shape index (κ3) is 1.53. The maximum atomic E-state index is 10.9. The molecule has 0 unspecified atom stereocenters. The third-order valence-electron chi connectivity index (χ3n) is 1.34. The van der Waals surface area contributed by atoms with Gasteiger partial charge in [0, 0.05) is 0 Å². The van der Waals surface area contributed by atoms with E-state index in [0.29, 0.717) is 0 Å². The van der Waals surface area contributed by atoms with E-state index in [9.17, 15) is 19.2 Å². The summed E-state index contributed by atoms with van der Waals surface area (Å²) in [5.74, 6) is -1.50. The maximum Gasteiger partial charge on any atom is 0.277 e. The van der Waals surface area contributed by atoms with Crippen molar-refractivity contribution in [3.8, 4) is 0 Å². The van der Waals surface area contributed by atoms with Crippen LogP contribution in [0.5, 0.6) is 0 Å². The van der Waals surface area contributed by atoms with Gasteiger partial charge < -0.3 is 10.6 Å². The zero-order valence-corrected chi connectivity index (χ0v) is 6.29. The zero-order chi connectivity index (χ0) is 9.84. The van der Waals surface area contributed by atoms with Crippen LogP contribution < -0.4 is 16.0 Å². The molecule has 13 heavy (non-hydrogen) atoms. The zero-order valence-electron chi connectivity index (χ0n) is 6.29. The van der Waals surface area contributed by atoms with Crippen molar-refractivity contribution in [2.45, 2.75) is 0 Å². The Bertz CT molecular complexity index is 290. The van der Waals surface area contributed by atoms with E-state index in [-0.39, 0.29) is 24.2 Å². The van der Waals surface area contributed by atoms with Gasteiger partial charge in [-0.15, -0.1) is 0 Å². The fraction of sp³-hybridized carbons (Fsp3) is 0. The van der Waals surface area contributed by atoms with Gasteiger partial charge in [0.05, 0.1) is 0 Å². The summed E-state index contributed by atoms with van der Waals surface area (Å²) in [4.78, 5) is 41.8. The number of nitrogens with one attached hydrogen (secondary N) is 3. The van der Waals surface area contributed by atoms with Crippen molar-refractivity contribution in [3.63, 3.8) is 0 Å². The molecule has 0 bridgehead atoms. The van der Waals surface area contributed by atoms with E-state index in [1.165, 1.54) is 0 Å². The van der Waals surface area contributed by atoms with Gasteiger partial charge in [-0.3, -0.25) is 24.5 Å². The molecule has 68 valence electrons. The predicted octanol–water partition coefficient (Wildman–Crippen LogP) is -2.65. The van der Waals surface area contributed by atoms with Crippen LogP contribution in [-0.4, -0.2) is 24.6 Å². The first-order valence-electron chi connectivity index (χ1n) is 3.21. The molecule has 1 rings (SSSR count). The maximum absolute atomic E-state index is 10.9. The van der Waals surface area contributed by atoms with Crippen LogP contribution in [0.3, 0.4) is 0 Å². The second-order valence-electron chi connectivity index (χ2n) is 2.06. The highest BCUT2D eigenvalue weighted by Crippen LogP contribution is 2.04. The van der Waals surface area contributed by atoms with Crippen molar-refractivity contribution in [1.82, 2.24) is 16.0 Å². The summed E-state index contributed by atoms with van der Waals surface area (Å²) in [6.45, 7) is 0. The summed E-state index contributed by atoms with van der Waals surface area (Å²) < 4.78 is 0. The van der Waals surface area contributed by atoms with Gasteiger partial charge in [-0.2, -0.15) is 0 Å². The first-order chi connectivity index (χ1) is 6.20. The van der Waals surface area contributed by atoms with Crippen LogP contribution in [0.15, 0.2) is 11.4 Å². The number of hydrogen-bond acceptors (Lipinski definition) is 4. The lowest BCUT2D eigenvalue weighted by Gasteiger charge is -1.97. The largest absolute Gasteiger partial charge is 0.322 e. The van der Waals surface area contributed by atoms with E-state index in [0.717, 1.165) is 0 Å². The fourth-order valence-electron chi connectivity index (χ4n) is 0.848. The number of hydrogen-bond donors (Lipinski definition) is 3. The third-order valence-corrected chi connectivity index (χ3v) is 1.34. The molecule has 1 heterocycles. The van der Waals surface area contributed by atoms with Gasteiger partial charge in [0.2, 0.25) is 12.8 Å². The van der Waals surface area contributed by atoms with E-state index in [4.69, 9.17) is 0 Å². The number of carbonyl (C=O) groups is 4. The summed E-state index contributed by atoms with van der Waals surface area (Å²) in [6.07, 6.45) is 0.472. The number of imide groups is 1. The molecule has 0 saturated heterocycles. The quantitative estimate of drug-likeness (QED) is 0.327. The molecule has 0 spiro atoms. The predicted molar refractivity (Wildman–Crippen MR) is 38.6 cm³/mol. The van der Waals surface area contributed by atoms with Gasteiger partial charge in [-0.1, -0.05) is 0 Å². The SMILES string of the molecule is O=CNC1=C(NC=O)C(=O)NC1=O. The van der Waals surface area contributed by atoms with Crippen LogP contribution >= 0.6 is 0 Å². The Morgan fingerprint density at radius 2 is 1.31 bits per heavy atom. The summed E-state index contributed by atoms with van der Waals surface area (Å²) in [6, 6.07) is 0. The van der Waals surface area contributed by atoms with Gasteiger partial charge in [0.25, 0.3) is 11.8 Å². The Hall–Kier alpha value is -2.18. The molecule has 0 aromatic heterocycles. The highest BCUT2D eigenvalue weighted by Gasteiger charge is 2.29. The molecule has 3 N–H and O–H groups in total. The van der Waals surface area contributed by atoms with E-state index in [1.807, 2.05) is 16.0 Å². The Kier molecular flexibility index (Phi) is 2.38. The lowest BCUT2D eigenvalue weighted by atomic mass is 10.3. The first-order valence-corrected chi connectivity index (χ1v) is 3.21. The fourth-order valence-corrected chi connectivity index (χ4v) is 0.848. The van der Waals surface area contributed by atoms with Crippen molar-refractivity contribution >= 4 is 24.6 Å². The van der Waals surface area contributed by atoms with Crippen LogP contribution in [-0.2, 0) is 19.2 Å². The van der Waals surface area contributed by atoms with Crippen molar-refractivity contribution in [2.75, 3.05) is 0 Å². The molecule has 1 aliphatic heterocycles. The summed E-state index contributed by atoms with van der Waals surface area (Å²) >= 11 is 0. The standard InChI is InChI=1S/C6H5N3O4/c10-1-7-3-4(8-2-11)6(13)9-5(3)12/h1-2H,(H3,7,8,9,10,11,12,13). The van der Waals surface area contributed by atoms with Gasteiger partial charge in [-0.25, -0.2) is 0 Å². The average molecular weight is 183 g/mol. The van der Waals surface area contributed by atoms with Gasteiger partial charge in [0.15, 0.2) is 0 Å². The molecule has 0 aliphatic carbocycles. The first kappa shape index (κ1) is 8.91. The summed E-state index contributed by atoms with van der Waals surface area (Å²) in [5, 5.41) is 5.90. The van der Waals surface area contributed by atoms with Gasteiger partial charge in [0.1, 0.15) is 11.4 Å². The Morgan fingerprint density at radius 3 is 1.62 bits per heavy atom. The molecular weight excluding hydrogens is 178 g/mol. The van der Waals surface area contributed by atoms with Crippen molar-refractivity contribution in [3.05, 3.63) is 11.4 Å². The van der Waals surface area contributed by atoms with E-state index >= 15 is 0 Å². The molecule has 0 aromatic rings. The topological polar surface area (TPSA) is 104 Å². The minimum atomic E-state index is -0.749. The molecule has 1 aliphatic rings. The van der Waals surface area contributed by atoms with Crippen LogP contribution in [0.25, 0.3) is 0 Å². The number of carbonyl (C=O) groups excluding carboxylic acids is 4. The molecule has 0 radical (unpaired) electrons. The van der Waals surface area contributed by atoms with Crippen molar-refractivity contribution < 1.29 is 19.2 Å². The number of rotatable bonds is 4. The lowest BCUT2D eigenvalue weighted by molar-refractivity contribution is -0.125. The minimum absolute atomic E-state index is 0.236. The summed E-state index contributed by atoms with van der Waals surface area (Å²) in [5.41, 5.74) is -0.515. The molecular formula is C6H5N3O4. The normalized spacial score (nSPS) is 15.4. The van der Waals surface area contributed by atoms with Crippen LogP contribution in [0.1, 0.15) is 0 Å². The van der Waals surface area contributed by atoms with E-state index in [1.54, 1.807) is 0 Å². The Balaban J connectivity index is 3.00. The molecule has 7 nitrogen and oxygen atoms in total. The molecule has 4 amide bonds. The second-order valence-corrected chi connectivity index (χ2v) is 2.06. The molecule has 0 atom stereocenters. The molecule has 0 aromatic carbocycles. The lowest BCUT2D eigenvalue weighted by Crippen LogP contribution is -2.27. The Morgan fingerprint density at radius 1 is 0.923 bits per heavy atom. The van der Waals surface area contributed by atoms with Gasteiger partial charge >= 0.3 is 0 Å². The average Bonchev–Trinajstić information content (AvgIpc) is 2.33. The van der Waals surface area contributed by atoms with Crippen LogP contribution in [0, 0.1) is 0 Å².